The van der Waals surface area contributed by atoms with Gasteiger partial charge in [0.2, 0.25) is 10.0 Å². The molecule has 0 spiro atoms. The van der Waals surface area contributed by atoms with E-state index in [9.17, 15) is 13.2 Å². The number of nitrogens with zero attached hydrogens (tertiary/aromatic N) is 3. The third kappa shape index (κ3) is 4.73. The molecule has 1 saturated heterocycles. The first-order valence-electron chi connectivity index (χ1n) is 11.2. The van der Waals surface area contributed by atoms with Crippen LogP contribution in [-0.2, 0) is 21.4 Å². The largest absolute Gasteiger partial charge is 0.497 e. The molecule has 0 aliphatic carbocycles. The molecule has 3 aromatic rings. The summed E-state index contributed by atoms with van der Waals surface area (Å²) in [6.45, 7) is 9.02. The molecule has 0 saturated carbocycles. The summed E-state index contributed by atoms with van der Waals surface area (Å²) in [5.41, 5.74) is 3.38. The molecule has 2 aromatic carbocycles. The third-order valence-electron chi connectivity index (χ3n) is 6.25. The van der Waals surface area contributed by atoms with Crippen LogP contribution in [0.25, 0.3) is 10.2 Å². The number of ether oxygens (including phenoxy) is 1. The number of carbonyl (C=O) groups excluding carboxylic acids is 1. The molecule has 1 fully saturated rings. The Kier molecular flexibility index (Phi) is 7.06. The summed E-state index contributed by atoms with van der Waals surface area (Å²) in [7, 11) is -2.17. The minimum Gasteiger partial charge on any atom is -0.497 e. The molecule has 1 unspecified atom stereocenters. The number of hydrogen-bond donors (Lipinski definition) is 0. The lowest BCUT2D eigenvalue weighted by Crippen LogP contribution is -2.42. The van der Waals surface area contributed by atoms with Gasteiger partial charge in [-0.3, -0.25) is 4.79 Å². The topological polar surface area (TPSA) is 81.0 Å². The number of aryl methyl sites for hydroxylation is 2. The second-order valence-corrected chi connectivity index (χ2v) is 11.5. The van der Waals surface area contributed by atoms with E-state index in [1.807, 2.05) is 4.57 Å². The van der Waals surface area contributed by atoms with Crippen LogP contribution in [0.15, 0.2) is 58.9 Å². The van der Waals surface area contributed by atoms with Crippen molar-refractivity contribution in [2.24, 2.45) is 10.9 Å². The molecule has 1 atom stereocenters. The Morgan fingerprint density at radius 1 is 1.24 bits per heavy atom. The molecule has 0 bridgehead atoms. The maximum absolute atomic E-state index is 13.2. The molecule has 1 aliphatic heterocycles. The molecule has 0 N–H and O–H groups in total. The van der Waals surface area contributed by atoms with Gasteiger partial charge in [-0.25, -0.2) is 8.42 Å². The van der Waals surface area contributed by atoms with Crippen molar-refractivity contribution in [2.45, 2.75) is 38.1 Å². The van der Waals surface area contributed by atoms with Gasteiger partial charge < -0.3 is 9.30 Å². The highest BCUT2D eigenvalue weighted by molar-refractivity contribution is 7.89. The predicted octanol–water partition coefficient (Wildman–Crippen LogP) is 4.04. The van der Waals surface area contributed by atoms with Gasteiger partial charge in [0.05, 0.1) is 28.1 Å². The Balaban J connectivity index is 1.63. The second-order valence-electron chi connectivity index (χ2n) is 8.52. The molecule has 180 valence electrons. The lowest BCUT2D eigenvalue weighted by atomic mass is 9.99. The van der Waals surface area contributed by atoms with Gasteiger partial charge in [-0.1, -0.05) is 17.4 Å². The van der Waals surface area contributed by atoms with Crippen LogP contribution in [0.5, 0.6) is 5.75 Å². The standard InChI is InChI=1S/C25H29N3O4S2/c1-5-12-28-22-14-17(2)18(3)15-23(22)33-25(28)26-24(29)19-7-6-13-27(16-19)34(30,31)21-10-8-20(32-4)9-11-21/h5,8-11,14-15,19H,1,6-7,12-13,16H2,2-4H3. The Bertz CT molecular complexity index is 1400. The summed E-state index contributed by atoms with van der Waals surface area (Å²) in [5.74, 6) is -0.175. The summed E-state index contributed by atoms with van der Waals surface area (Å²) >= 11 is 1.47. The quantitative estimate of drug-likeness (QED) is 0.480. The number of hydrogen-bond acceptors (Lipinski definition) is 5. The van der Waals surface area contributed by atoms with Gasteiger partial charge in [-0.05, 0) is 74.2 Å². The molecule has 4 rings (SSSR count). The van der Waals surface area contributed by atoms with Crippen molar-refractivity contribution >= 4 is 37.5 Å². The van der Waals surface area contributed by atoms with E-state index in [0.717, 1.165) is 10.2 Å². The van der Waals surface area contributed by atoms with E-state index in [1.165, 1.54) is 46.0 Å². The fourth-order valence-electron chi connectivity index (χ4n) is 4.16. The third-order valence-corrected chi connectivity index (χ3v) is 9.17. The van der Waals surface area contributed by atoms with Crippen LogP contribution in [0.4, 0.5) is 0 Å². The fourth-order valence-corrected chi connectivity index (χ4v) is 6.81. The summed E-state index contributed by atoms with van der Waals surface area (Å²) in [4.78, 5) is 18.5. The van der Waals surface area contributed by atoms with Gasteiger partial charge in [0.15, 0.2) is 4.80 Å². The van der Waals surface area contributed by atoms with Gasteiger partial charge in [-0.2, -0.15) is 9.30 Å². The van der Waals surface area contributed by atoms with Gasteiger partial charge in [0.25, 0.3) is 5.91 Å². The summed E-state index contributed by atoms with van der Waals surface area (Å²) < 4.78 is 35.9. The molecule has 2 heterocycles. The van der Waals surface area contributed by atoms with Crippen LogP contribution < -0.4 is 9.54 Å². The highest BCUT2D eigenvalue weighted by atomic mass is 32.2. The van der Waals surface area contributed by atoms with Crippen LogP contribution in [0.1, 0.15) is 24.0 Å². The molecule has 1 aromatic heterocycles. The van der Waals surface area contributed by atoms with Crippen molar-refractivity contribution in [1.29, 1.82) is 0 Å². The maximum atomic E-state index is 13.2. The number of fused-ring (bicyclic) bond motifs is 1. The van der Waals surface area contributed by atoms with E-state index in [2.05, 4.69) is 37.6 Å². The van der Waals surface area contributed by atoms with Gasteiger partial charge in [0, 0.05) is 19.6 Å². The van der Waals surface area contributed by atoms with Crippen LogP contribution >= 0.6 is 11.3 Å². The second kappa shape index (κ2) is 9.85. The minimum absolute atomic E-state index is 0.126. The van der Waals surface area contributed by atoms with E-state index < -0.39 is 15.9 Å². The van der Waals surface area contributed by atoms with E-state index in [4.69, 9.17) is 4.74 Å². The molecular weight excluding hydrogens is 470 g/mol. The van der Waals surface area contributed by atoms with Crippen molar-refractivity contribution in [3.63, 3.8) is 0 Å². The van der Waals surface area contributed by atoms with E-state index in [-0.39, 0.29) is 17.3 Å². The number of thiazole rings is 1. The highest BCUT2D eigenvalue weighted by Gasteiger charge is 2.33. The van der Waals surface area contributed by atoms with Crippen molar-refractivity contribution in [2.75, 3.05) is 20.2 Å². The Morgan fingerprint density at radius 2 is 1.94 bits per heavy atom. The van der Waals surface area contributed by atoms with Crippen LogP contribution in [0.2, 0.25) is 0 Å². The maximum Gasteiger partial charge on any atom is 0.252 e. The van der Waals surface area contributed by atoms with Gasteiger partial charge in [0.1, 0.15) is 5.75 Å². The van der Waals surface area contributed by atoms with E-state index in [0.29, 0.717) is 36.5 Å². The minimum atomic E-state index is -3.71. The number of methoxy groups -OCH3 is 1. The number of allylic oxidation sites excluding steroid dienone is 1. The van der Waals surface area contributed by atoms with Crippen LogP contribution in [0.3, 0.4) is 0 Å². The average Bonchev–Trinajstić information content (AvgIpc) is 3.15. The molecular formula is C25H29N3O4S2. The molecule has 1 aliphatic rings. The molecule has 7 nitrogen and oxygen atoms in total. The predicted molar refractivity (Wildman–Crippen MR) is 135 cm³/mol. The lowest BCUT2D eigenvalue weighted by Gasteiger charge is -2.30. The SMILES string of the molecule is C=CCn1c(=NC(=O)C2CCCN(S(=O)(=O)c3ccc(OC)cc3)C2)sc2cc(C)c(C)cc21. The first-order valence-corrected chi connectivity index (χ1v) is 13.4. The van der Waals surface area contributed by atoms with Crippen molar-refractivity contribution in [3.8, 4) is 5.75 Å². The number of amides is 1. The summed E-state index contributed by atoms with van der Waals surface area (Å²) in [5, 5.41) is 0. The van der Waals surface area contributed by atoms with Crippen molar-refractivity contribution in [3.05, 3.63) is 65.0 Å². The highest BCUT2D eigenvalue weighted by Crippen LogP contribution is 2.26. The number of piperidine rings is 1. The Hall–Kier alpha value is -2.75. The number of carbonyl (C=O) groups is 1. The Labute approximate surface area is 204 Å². The monoisotopic (exact) mass is 499 g/mol. The van der Waals surface area contributed by atoms with E-state index in [1.54, 1.807) is 18.2 Å². The first kappa shape index (κ1) is 24.4. The number of aromatic nitrogens is 1. The molecule has 1 amide bonds. The fraction of sp³-hybridized carbons (Fsp3) is 0.360. The van der Waals surface area contributed by atoms with Crippen LogP contribution in [-0.4, -0.2) is 43.4 Å². The molecule has 0 radical (unpaired) electrons. The van der Waals surface area contributed by atoms with Crippen molar-refractivity contribution in [1.82, 2.24) is 8.87 Å². The zero-order valence-corrected chi connectivity index (χ0v) is 21.3. The normalized spacial score (nSPS) is 17.7. The molecule has 9 heteroatoms. The Morgan fingerprint density at radius 3 is 2.62 bits per heavy atom. The lowest BCUT2D eigenvalue weighted by molar-refractivity contribution is -0.122. The zero-order valence-electron chi connectivity index (χ0n) is 19.7. The smallest absolute Gasteiger partial charge is 0.252 e. The first-order chi connectivity index (χ1) is 16.2. The summed E-state index contributed by atoms with van der Waals surface area (Å²) in [6, 6.07) is 10.5. The number of sulfonamides is 1. The average molecular weight is 500 g/mol. The van der Waals surface area contributed by atoms with E-state index >= 15 is 0 Å². The van der Waals surface area contributed by atoms with Gasteiger partial charge in [-0.15, -0.1) is 6.58 Å². The number of rotatable bonds is 6. The summed E-state index contributed by atoms with van der Waals surface area (Å²) in [6.07, 6.45) is 3.01. The molecule has 34 heavy (non-hydrogen) atoms. The van der Waals surface area contributed by atoms with Gasteiger partial charge >= 0.3 is 0 Å². The number of benzene rings is 2. The zero-order chi connectivity index (χ0) is 24.5. The van der Waals surface area contributed by atoms with Crippen molar-refractivity contribution < 1.29 is 17.9 Å². The van der Waals surface area contributed by atoms with Crippen LogP contribution in [0, 0.1) is 19.8 Å².